The van der Waals surface area contributed by atoms with Gasteiger partial charge < -0.3 is 14.6 Å². The van der Waals surface area contributed by atoms with Crippen molar-refractivity contribution in [1.82, 2.24) is 19.9 Å². The predicted octanol–water partition coefficient (Wildman–Crippen LogP) is 1.43. The van der Waals surface area contributed by atoms with Gasteiger partial charge >= 0.3 is 0 Å². The summed E-state index contributed by atoms with van der Waals surface area (Å²) in [5.41, 5.74) is 1.08. The molecule has 0 amide bonds. The lowest BCUT2D eigenvalue weighted by Crippen LogP contribution is -2.21. The van der Waals surface area contributed by atoms with E-state index in [2.05, 4.69) is 25.2 Å². The minimum Gasteiger partial charge on any atom is -0.383 e. The van der Waals surface area contributed by atoms with Crippen molar-refractivity contribution in [3.63, 3.8) is 0 Å². The van der Waals surface area contributed by atoms with E-state index in [0.717, 1.165) is 36.2 Å². The van der Waals surface area contributed by atoms with Gasteiger partial charge in [-0.15, -0.1) is 11.3 Å². The molecule has 0 atom stereocenters. The van der Waals surface area contributed by atoms with Gasteiger partial charge in [-0.05, 0) is 6.92 Å². The zero-order chi connectivity index (χ0) is 12.8. The molecule has 5 nitrogen and oxygen atoms in total. The summed E-state index contributed by atoms with van der Waals surface area (Å²) in [7, 11) is 1.70. The molecular weight excluding hydrogens is 248 g/mol. The third-order valence-electron chi connectivity index (χ3n) is 2.54. The first-order valence-corrected chi connectivity index (χ1v) is 6.78. The molecule has 98 valence electrons. The first kappa shape index (κ1) is 13.2. The lowest BCUT2D eigenvalue weighted by molar-refractivity contribution is 0.199. The van der Waals surface area contributed by atoms with E-state index in [1.54, 1.807) is 18.4 Å². The summed E-state index contributed by atoms with van der Waals surface area (Å²) >= 11 is 1.69. The van der Waals surface area contributed by atoms with E-state index < -0.39 is 0 Å². The SMILES string of the molecule is COCCNCc1nccn1Cc1nc(C)cs1. The highest BCUT2D eigenvalue weighted by molar-refractivity contribution is 7.09. The van der Waals surface area contributed by atoms with E-state index in [0.29, 0.717) is 6.61 Å². The minimum absolute atomic E-state index is 0.715. The maximum Gasteiger partial charge on any atom is 0.123 e. The first-order valence-electron chi connectivity index (χ1n) is 5.90. The molecule has 2 aromatic heterocycles. The van der Waals surface area contributed by atoms with Crippen molar-refractivity contribution in [2.45, 2.75) is 20.0 Å². The van der Waals surface area contributed by atoms with Crippen LogP contribution in [0.15, 0.2) is 17.8 Å². The van der Waals surface area contributed by atoms with Crippen molar-refractivity contribution >= 4 is 11.3 Å². The molecule has 0 spiro atoms. The van der Waals surface area contributed by atoms with Crippen LogP contribution in [0.2, 0.25) is 0 Å². The van der Waals surface area contributed by atoms with Gasteiger partial charge in [0.2, 0.25) is 0 Å². The molecule has 0 saturated carbocycles. The van der Waals surface area contributed by atoms with E-state index in [9.17, 15) is 0 Å². The van der Waals surface area contributed by atoms with E-state index in [1.807, 2.05) is 19.3 Å². The van der Waals surface area contributed by atoms with Crippen LogP contribution in [-0.2, 0) is 17.8 Å². The molecule has 0 radical (unpaired) electrons. The average molecular weight is 266 g/mol. The number of thiazole rings is 1. The van der Waals surface area contributed by atoms with Crippen LogP contribution >= 0.6 is 11.3 Å². The molecule has 0 aliphatic rings. The Labute approximate surface area is 111 Å². The summed E-state index contributed by atoms with van der Waals surface area (Å²) in [4.78, 5) is 8.82. The van der Waals surface area contributed by atoms with Crippen LogP contribution < -0.4 is 5.32 Å². The Balaban J connectivity index is 1.91. The van der Waals surface area contributed by atoms with Crippen molar-refractivity contribution in [2.24, 2.45) is 0 Å². The van der Waals surface area contributed by atoms with Gasteiger partial charge in [0.25, 0.3) is 0 Å². The largest absolute Gasteiger partial charge is 0.383 e. The van der Waals surface area contributed by atoms with Crippen LogP contribution in [0.1, 0.15) is 16.5 Å². The van der Waals surface area contributed by atoms with Crippen molar-refractivity contribution < 1.29 is 4.74 Å². The molecule has 0 aliphatic heterocycles. The highest BCUT2D eigenvalue weighted by Gasteiger charge is 2.05. The molecule has 0 aliphatic carbocycles. The molecule has 2 aromatic rings. The number of ether oxygens (including phenoxy) is 1. The number of hydrogen-bond acceptors (Lipinski definition) is 5. The number of nitrogens with one attached hydrogen (secondary N) is 1. The van der Waals surface area contributed by atoms with Crippen LogP contribution in [0.4, 0.5) is 0 Å². The number of hydrogen-bond donors (Lipinski definition) is 1. The Kier molecular flexibility index (Phi) is 4.86. The van der Waals surface area contributed by atoms with Gasteiger partial charge in [0, 0.05) is 37.1 Å². The topological polar surface area (TPSA) is 52.0 Å². The van der Waals surface area contributed by atoms with E-state index >= 15 is 0 Å². The van der Waals surface area contributed by atoms with E-state index in [4.69, 9.17) is 4.74 Å². The highest BCUT2D eigenvalue weighted by atomic mass is 32.1. The van der Waals surface area contributed by atoms with Crippen LogP contribution in [0, 0.1) is 6.92 Å². The fourth-order valence-electron chi connectivity index (χ4n) is 1.65. The summed E-state index contributed by atoms with van der Waals surface area (Å²) < 4.78 is 7.11. The van der Waals surface area contributed by atoms with Crippen molar-refractivity contribution in [2.75, 3.05) is 20.3 Å². The molecule has 0 aromatic carbocycles. The Morgan fingerprint density at radius 1 is 1.50 bits per heavy atom. The Hall–Kier alpha value is -1.24. The number of nitrogens with zero attached hydrogens (tertiary/aromatic N) is 3. The summed E-state index contributed by atoms with van der Waals surface area (Å²) in [6.07, 6.45) is 3.82. The number of aryl methyl sites for hydroxylation is 1. The fraction of sp³-hybridized carbons (Fsp3) is 0.500. The van der Waals surface area contributed by atoms with Crippen LogP contribution in [0.5, 0.6) is 0 Å². The third kappa shape index (κ3) is 3.63. The van der Waals surface area contributed by atoms with E-state index in [1.165, 1.54) is 0 Å². The molecule has 6 heteroatoms. The predicted molar refractivity (Wildman–Crippen MR) is 71.8 cm³/mol. The quantitative estimate of drug-likeness (QED) is 0.770. The van der Waals surface area contributed by atoms with Gasteiger partial charge in [0.05, 0.1) is 19.7 Å². The minimum atomic E-state index is 0.715. The zero-order valence-electron chi connectivity index (χ0n) is 10.7. The molecule has 0 bridgehead atoms. The summed E-state index contributed by atoms with van der Waals surface area (Å²) in [6, 6.07) is 0. The van der Waals surface area contributed by atoms with Gasteiger partial charge in [0.1, 0.15) is 10.8 Å². The second kappa shape index (κ2) is 6.63. The molecular formula is C12H18N4OS. The third-order valence-corrected chi connectivity index (χ3v) is 3.49. The molecule has 0 saturated heterocycles. The van der Waals surface area contributed by atoms with Crippen LogP contribution in [0.25, 0.3) is 0 Å². The summed E-state index contributed by atoms with van der Waals surface area (Å²) in [5, 5.41) is 6.48. The van der Waals surface area contributed by atoms with Crippen molar-refractivity contribution in [3.8, 4) is 0 Å². The average Bonchev–Trinajstić information content (AvgIpc) is 2.95. The molecule has 0 fully saturated rings. The number of imidazole rings is 1. The van der Waals surface area contributed by atoms with Crippen LogP contribution in [-0.4, -0.2) is 34.8 Å². The second-order valence-electron chi connectivity index (χ2n) is 4.02. The monoisotopic (exact) mass is 266 g/mol. The summed E-state index contributed by atoms with van der Waals surface area (Å²) in [6.45, 7) is 5.10. The lowest BCUT2D eigenvalue weighted by atomic mass is 10.5. The lowest BCUT2D eigenvalue weighted by Gasteiger charge is -2.07. The second-order valence-corrected chi connectivity index (χ2v) is 4.97. The molecule has 1 N–H and O–H groups in total. The fourth-order valence-corrected chi connectivity index (χ4v) is 2.42. The maximum atomic E-state index is 4.99. The van der Waals surface area contributed by atoms with Gasteiger partial charge in [0.15, 0.2) is 0 Å². The zero-order valence-corrected chi connectivity index (χ0v) is 11.5. The maximum absolute atomic E-state index is 4.99. The highest BCUT2D eigenvalue weighted by Crippen LogP contribution is 2.11. The normalized spacial score (nSPS) is 11.0. The van der Waals surface area contributed by atoms with Crippen molar-refractivity contribution in [1.29, 1.82) is 0 Å². The smallest absolute Gasteiger partial charge is 0.123 e. The van der Waals surface area contributed by atoms with Gasteiger partial charge in [-0.1, -0.05) is 0 Å². The number of methoxy groups -OCH3 is 1. The summed E-state index contributed by atoms with van der Waals surface area (Å²) in [5.74, 6) is 1.03. The number of rotatable bonds is 7. The number of aromatic nitrogens is 3. The van der Waals surface area contributed by atoms with Crippen LogP contribution in [0.3, 0.4) is 0 Å². The van der Waals surface area contributed by atoms with E-state index in [-0.39, 0.29) is 0 Å². The molecule has 2 rings (SSSR count). The Bertz CT molecular complexity index is 480. The first-order chi connectivity index (χ1) is 8.79. The standard InChI is InChI=1S/C12H18N4OS/c1-10-9-18-12(15-10)8-16-5-3-14-11(16)7-13-4-6-17-2/h3,5,9,13H,4,6-8H2,1-2H3. The van der Waals surface area contributed by atoms with Gasteiger partial charge in [-0.3, -0.25) is 0 Å². The molecule has 0 unspecified atom stereocenters. The Morgan fingerprint density at radius 3 is 3.11 bits per heavy atom. The Morgan fingerprint density at radius 2 is 2.39 bits per heavy atom. The van der Waals surface area contributed by atoms with Gasteiger partial charge in [-0.25, -0.2) is 9.97 Å². The molecule has 2 heterocycles. The van der Waals surface area contributed by atoms with Gasteiger partial charge in [-0.2, -0.15) is 0 Å². The van der Waals surface area contributed by atoms with Crippen molar-refractivity contribution in [3.05, 3.63) is 34.3 Å². The molecule has 18 heavy (non-hydrogen) atoms.